The molecule has 0 unspecified atom stereocenters. The van der Waals surface area contributed by atoms with Gasteiger partial charge in [0.25, 0.3) is 6.43 Å². The maximum Gasteiger partial charge on any atom is 0.256 e. The van der Waals surface area contributed by atoms with E-state index in [0.717, 1.165) is 12.1 Å². The van der Waals surface area contributed by atoms with Gasteiger partial charge in [0.2, 0.25) is 5.62 Å². The van der Waals surface area contributed by atoms with Gasteiger partial charge in [0, 0.05) is 17.1 Å². The Morgan fingerprint density at radius 2 is 2.10 bits per heavy atom. The number of ketones is 1. The van der Waals surface area contributed by atoms with Crippen molar-refractivity contribution in [1.82, 2.24) is 9.13 Å². The van der Waals surface area contributed by atoms with Crippen LogP contribution in [0.15, 0.2) is 33.9 Å². The Morgan fingerprint density at radius 1 is 1.40 bits per heavy atom. The van der Waals surface area contributed by atoms with Gasteiger partial charge in [-0.2, -0.15) is 5.26 Å². The third kappa shape index (κ3) is 3.70. The highest BCUT2D eigenvalue weighted by Gasteiger charge is 2.26. The van der Waals surface area contributed by atoms with Crippen molar-refractivity contribution in [2.75, 3.05) is 7.11 Å². The van der Waals surface area contributed by atoms with Crippen molar-refractivity contribution < 1.29 is 22.8 Å². The number of aryl methyl sites for hydroxylation is 1. The Balaban J connectivity index is 2.42. The number of rotatable bonds is 5. The van der Waals surface area contributed by atoms with Gasteiger partial charge in [-0.05, 0) is 45.4 Å². The van der Waals surface area contributed by atoms with E-state index < -0.39 is 24.6 Å². The molecule has 3 aromatic rings. The molecule has 0 aliphatic heterocycles. The average Bonchev–Trinajstić information content (AvgIpc) is 2.93. The average molecular weight is 502 g/mol. The molecule has 0 saturated carbocycles. The molecule has 0 bridgehead atoms. The molecule has 6 nitrogen and oxygen atoms in total. The zero-order valence-corrected chi connectivity index (χ0v) is 17.9. The van der Waals surface area contributed by atoms with E-state index in [1.165, 1.54) is 35.4 Å². The number of aromatic nitrogens is 2. The van der Waals surface area contributed by atoms with E-state index in [2.05, 4.69) is 21.1 Å². The van der Waals surface area contributed by atoms with Crippen molar-refractivity contribution in [3.63, 3.8) is 0 Å². The molecule has 11 heteroatoms. The molecule has 0 aliphatic rings. The Hall–Kier alpha value is -2.77. The summed E-state index contributed by atoms with van der Waals surface area (Å²) in [5.41, 5.74) is 0.125. The first-order valence-corrected chi connectivity index (χ1v) is 9.55. The smallest absolute Gasteiger partial charge is 0.256 e. The predicted molar refractivity (Wildman–Crippen MR) is 107 cm³/mol. The van der Waals surface area contributed by atoms with E-state index in [0.29, 0.717) is 0 Å². The molecular formula is C19H13BrClF3N4O2. The summed E-state index contributed by atoms with van der Waals surface area (Å²) in [6, 6.07) is 6.68. The molecule has 1 heterocycles. The maximum atomic E-state index is 13.7. The van der Waals surface area contributed by atoms with Crippen LogP contribution in [0.5, 0.6) is 0 Å². The number of nitriles is 1. The zero-order chi connectivity index (χ0) is 22.2. The number of halogens is 5. The Kier molecular flexibility index (Phi) is 6.24. The number of carbonyl (C=O) groups excluding carboxylic acids is 1. The second-order valence-corrected chi connectivity index (χ2v) is 7.44. The van der Waals surface area contributed by atoms with Crippen LogP contribution < -0.4 is 5.62 Å². The lowest BCUT2D eigenvalue weighted by Crippen LogP contribution is -2.26. The molecule has 0 amide bonds. The van der Waals surface area contributed by atoms with Crippen LogP contribution in [0, 0.1) is 17.1 Å². The van der Waals surface area contributed by atoms with Crippen molar-refractivity contribution in [2.45, 2.75) is 13.0 Å². The third-order valence-corrected chi connectivity index (χ3v) is 5.36. The molecule has 0 N–H and O–H groups in total. The molecule has 0 spiro atoms. The number of hydrogen-bond donors (Lipinski definition) is 0. The van der Waals surface area contributed by atoms with Gasteiger partial charge in [-0.15, -0.1) is 0 Å². The van der Waals surface area contributed by atoms with Gasteiger partial charge in [-0.25, -0.2) is 13.2 Å². The highest BCUT2D eigenvalue weighted by molar-refractivity contribution is 9.10. The lowest BCUT2D eigenvalue weighted by molar-refractivity contribution is 0.103. The summed E-state index contributed by atoms with van der Waals surface area (Å²) >= 11 is 9.30. The van der Waals surface area contributed by atoms with Crippen molar-refractivity contribution in [2.24, 2.45) is 12.2 Å². The van der Waals surface area contributed by atoms with Crippen LogP contribution in [0.25, 0.3) is 11.0 Å². The lowest BCUT2D eigenvalue weighted by Gasteiger charge is -2.11. The first-order valence-electron chi connectivity index (χ1n) is 8.38. The molecule has 3 rings (SSSR count). The predicted octanol–water partition coefficient (Wildman–Crippen LogP) is 4.36. The lowest BCUT2D eigenvalue weighted by atomic mass is 9.97. The summed E-state index contributed by atoms with van der Waals surface area (Å²) in [7, 11) is 2.76. The quantitative estimate of drug-likeness (QED) is 0.385. The van der Waals surface area contributed by atoms with Gasteiger partial charge < -0.3 is 14.0 Å². The Morgan fingerprint density at radius 3 is 2.70 bits per heavy atom. The summed E-state index contributed by atoms with van der Waals surface area (Å²) in [6.45, 7) is -0.708. The van der Waals surface area contributed by atoms with E-state index >= 15 is 0 Å². The second-order valence-electron chi connectivity index (χ2n) is 6.18. The summed E-state index contributed by atoms with van der Waals surface area (Å²) in [5.74, 6) is -1.37. The summed E-state index contributed by atoms with van der Waals surface area (Å²) in [6.07, 6.45) is -2.71. The summed E-state index contributed by atoms with van der Waals surface area (Å²) in [4.78, 5) is 17.9. The van der Waals surface area contributed by atoms with Crippen LogP contribution in [0.4, 0.5) is 13.2 Å². The van der Waals surface area contributed by atoms with Crippen LogP contribution in [0.3, 0.4) is 0 Å². The minimum absolute atomic E-state index is 0.00649. The normalized spacial score (nSPS) is 11.9. The second kappa shape index (κ2) is 8.53. The number of imidazole rings is 1. The molecule has 0 radical (unpaired) electrons. The zero-order valence-electron chi connectivity index (χ0n) is 15.6. The van der Waals surface area contributed by atoms with Gasteiger partial charge in [0.1, 0.15) is 19.0 Å². The summed E-state index contributed by atoms with van der Waals surface area (Å²) in [5, 5.41) is 13.6. The van der Waals surface area contributed by atoms with E-state index in [4.69, 9.17) is 16.4 Å². The third-order valence-electron chi connectivity index (χ3n) is 4.40. The largest absolute Gasteiger partial charge is 0.396 e. The van der Waals surface area contributed by atoms with Crippen molar-refractivity contribution in [1.29, 1.82) is 5.26 Å². The Bertz CT molecular complexity index is 1280. The van der Waals surface area contributed by atoms with E-state index in [9.17, 15) is 23.2 Å². The number of nitrogens with zero attached hydrogens (tertiary/aromatic N) is 4. The fourth-order valence-corrected chi connectivity index (χ4v) is 4.01. The van der Waals surface area contributed by atoms with Gasteiger partial charge in [0.15, 0.2) is 5.78 Å². The van der Waals surface area contributed by atoms with Crippen molar-refractivity contribution in [3.05, 3.63) is 61.9 Å². The maximum absolute atomic E-state index is 13.7. The topological polar surface area (TPSA) is 72.3 Å². The van der Waals surface area contributed by atoms with Gasteiger partial charge in [0.05, 0.1) is 33.7 Å². The highest BCUT2D eigenvalue weighted by Crippen LogP contribution is 2.32. The van der Waals surface area contributed by atoms with Crippen LogP contribution >= 0.6 is 27.5 Å². The first kappa shape index (κ1) is 21.9. The Labute approximate surface area is 181 Å². The molecule has 0 atom stereocenters. The highest BCUT2D eigenvalue weighted by atomic mass is 79.9. The number of benzene rings is 2. The molecule has 2 aromatic carbocycles. The minimum Gasteiger partial charge on any atom is -0.396 e. The first-order chi connectivity index (χ1) is 14.2. The monoisotopic (exact) mass is 500 g/mol. The van der Waals surface area contributed by atoms with Gasteiger partial charge in [-0.3, -0.25) is 4.79 Å². The summed E-state index contributed by atoms with van der Waals surface area (Å²) < 4.78 is 42.8. The van der Waals surface area contributed by atoms with Crippen LogP contribution in [0.2, 0.25) is 5.02 Å². The van der Waals surface area contributed by atoms with Crippen LogP contribution in [-0.4, -0.2) is 28.5 Å². The number of carbonyl (C=O) groups is 1. The van der Waals surface area contributed by atoms with Crippen LogP contribution in [-0.2, 0) is 18.4 Å². The fourth-order valence-electron chi connectivity index (χ4n) is 3.21. The van der Waals surface area contributed by atoms with Gasteiger partial charge >= 0.3 is 0 Å². The van der Waals surface area contributed by atoms with Crippen molar-refractivity contribution >= 4 is 44.3 Å². The minimum atomic E-state index is -2.71. The van der Waals surface area contributed by atoms with E-state index in [-0.39, 0.29) is 42.8 Å². The number of fused-ring (bicyclic) bond motifs is 1. The standard InChI is InChI=1S/C19H13BrClF3N4O2/c1-27-17-11(7-25)16(18(29)10-5-9(22)3-4-13(10)21)12(20)6-14(17)28(8-15(23)24)19(27)26-30-2/h3-6,15H,8H2,1-2H3/b26-19+. The van der Waals surface area contributed by atoms with Crippen molar-refractivity contribution in [3.8, 4) is 6.07 Å². The van der Waals surface area contributed by atoms with E-state index in [1.54, 1.807) is 0 Å². The molecule has 156 valence electrons. The van der Waals surface area contributed by atoms with E-state index in [1.807, 2.05) is 6.07 Å². The SMILES string of the molecule is CO/N=c1\n(C)c2c(C#N)c(C(=O)c3cc(F)ccc3Cl)c(Br)cc2n1CC(F)F. The number of alkyl halides is 2. The molecular weight excluding hydrogens is 489 g/mol. The molecule has 30 heavy (non-hydrogen) atoms. The molecule has 1 aromatic heterocycles. The fraction of sp³-hybridized carbons (Fsp3) is 0.211. The number of hydrogen-bond acceptors (Lipinski definition) is 4. The van der Waals surface area contributed by atoms with Gasteiger partial charge in [-0.1, -0.05) is 11.6 Å². The molecule has 0 fully saturated rings. The van der Waals surface area contributed by atoms with Crippen LogP contribution in [0.1, 0.15) is 21.5 Å². The molecule has 0 aliphatic carbocycles. The molecule has 0 saturated heterocycles.